The Bertz CT molecular complexity index is 1580. The monoisotopic (exact) mass is 638 g/mol. The standard InChI is InChI=1S/C37H42N4O6/c1-37(2,3)47-36(45)41-32(23-27-16-8-5-9-17-27)33(42)24-29(22-26-14-6-4-7-15-26)39-34(43)30-19-10-11-20-31(30)40-35(44)46-25-28-18-12-13-21-38-28/h4-21,29,32-33,42H,22-25H2,1-3H3,(H,39,43)(H,40,44)(H,41,45)/t29-,32-,33-/m0/s1. The second kappa shape index (κ2) is 16.9. The number of alkyl carbamates (subject to hydrolysis) is 1. The summed E-state index contributed by atoms with van der Waals surface area (Å²) in [5, 5.41) is 20.1. The zero-order valence-electron chi connectivity index (χ0n) is 26.9. The zero-order valence-corrected chi connectivity index (χ0v) is 26.9. The summed E-state index contributed by atoms with van der Waals surface area (Å²) in [5.74, 6) is -0.446. The maximum Gasteiger partial charge on any atom is 0.412 e. The lowest BCUT2D eigenvalue weighted by Crippen LogP contribution is -2.49. The Hall–Kier alpha value is -5.22. The van der Waals surface area contributed by atoms with Gasteiger partial charge in [-0.3, -0.25) is 15.1 Å². The first-order chi connectivity index (χ1) is 22.6. The molecular weight excluding hydrogens is 596 g/mol. The lowest BCUT2D eigenvalue weighted by atomic mass is 9.93. The molecule has 3 aromatic carbocycles. The smallest absolute Gasteiger partial charge is 0.412 e. The van der Waals surface area contributed by atoms with E-state index in [0.717, 1.165) is 11.1 Å². The van der Waals surface area contributed by atoms with Crippen LogP contribution in [0.3, 0.4) is 0 Å². The molecule has 0 saturated heterocycles. The van der Waals surface area contributed by atoms with Gasteiger partial charge in [-0.1, -0.05) is 78.9 Å². The van der Waals surface area contributed by atoms with Crippen molar-refractivity contribution in [3.05, 3.63) is 132 Å². The van der Waals surface area contributed by atoms with Crippen molar-refractivity contribution in [2.75, 3.05) is 5.32 Å². The summed E-state index contributed by atoms with van der Waals surface area (Å²) in [6.45, 7) is 5.29. The van der Waals surface area contributed by atoms with Crippen molar-refractivity contribution >= 4 is 23.8 Å². The molecule has 1 heterocycles. The van der Waals surface area contributed by atoms with Crippen molar-refractivity contribution < 1.29 is 29.0 Å². The molecule has 0 bridgehead atoms. The van der Waals surface area contributed by atoms with Crippen LogP contribution in [-0.4, -0.2) is 52.0 Å². The molecule has 3 atom stereocenters. The van der Waals surface area contributed by atoms with Gasteiger partial charge in [-0.25, -0.2) is 9.59 Å². The number of ether oxygens (including phenoxy) is 2. The van der Waals surface area contributed by atoms with Crippen molar-refractivity contribution in [1.82, 2.24) is 15.6 Å². The van der Waals surface area contributed by atoms with E-state index in [0.29, 0.717) is 18.5 Å². The largest absolute Gasteiger partial charge is 0.444 e. The van der Waals surface area contributed by atoms with Crippen molar-refractivity contribution in [2.45, 2.75) is 70.4 Å². The maximum atomic E-state index is 13.7. The molecule has 1 aromatic heterocycles. The second-order valence-corrected chi connectivity index (χ2v) is 12.2. The Morgan fingerprint density at radius 1 is 0.766 bits per heavy atom. The van der Waals surface area contributed by atoms with E-state index in [1.54, 1.807) is 69.4 Å². The lowest BCUT2D eigenvalue weighted by Gasteiger charge is -2.29. The first-order valence-corrected chi connectivity index (χ1v) is 15.5. The zero-order chi connectivity index (χ0) is 33.6. The highest BCUT2D eigenvalue weighted by Gasteiger charge is 2.28. The van der Waals surface area contributed by atoms with Gasteiger partial charge >= 0.3 is 12.2 Å². The first-order valence-electron chi connectivity index (χ1n) is 15.5. The highest BCUT2D eigenvalue weighted by atomic mass is 16.6. The Morgan fingerprint density at radius 2 is 1.38 bits per heavy atom. The number of amides is 3. The van der Waals surface area contributed by atoms with E-state index in [-0.39, 0.29) is 24.3 Å². The number of nitrogens with zero attached hydrogens (tertiary/aromatic N) is 1. The van der Waals surface area contributed by atoms with Crippen LogP contribution in [0.4, 0.5) is 15.3 Å². The molecule has 47 heavy (non-hydrogen) atoms. The molecule has 10 heteroatoms. The third-order valence-corrected chi connectivity index (χ3v) is 7.14. The predicted molar refractivity (Wildman–Crippen MR) is 180 cm³/mol. The van der Waals surface area contributed by atoms with Crippen molar-refractivity contribution in [1.29, 1.82) is 0 Å². The van der Waals surface area contributed by atoms with Crippen LogP contribution in [-0.2, 0) is 28.9 Å². The van der Waals surface area contributed by atoms with E-state index in [1.807, 2.05) is 60.7 Å². The highest BCUT2D eigenvalue weighted by Crippen LogP contribution is 2.19. The summed E-state index contributed by atoms with van der Waals surface area (Å²) < 4.78 is 10.8. The summed E-state index contributed by atoms with van der Waals surface area (Å²) in [4.78, 5) is 43.3. The number of benzene rings is 3. The van der Waals surface area contributed by atoms with Gasteiger partial charge in [0.25, 0.3) is 5.91 Å². The van der Waals surface area contributed by atoms with E-state index in [4.69, 9.17) is 9.47 Å². The number of hydrogen-bond donors (Lipinski definition) is 4. The van der Waals surface area contributed by atoms with E-state index in [9.17, 15) is 19.5 Å². The second-order valence-electron chi connectivity index (χ2n) is 12.2. The molecule has 0 saturated carbocycles. The normalized spacial score (nSPS) is 13.0. The molecular formula is C37H42N4O6. The molecule has 0 aliphatic rings. The Balaban J connectivity index is 1.50. The topological polar surface area (TPSA) is 139 Å². The molecule has 0 aliphatic carbocycles. The molecule has 4 aromatic rings. The van der Waals surface area contributed by atoms with Crippen molar-refractivity contribution in [3.63, 3.8) is 0 Å². The fraction of sp³-hybridized carbons (Fsp3) is 0.297. The summed E-state index contributed by atoms with van der Waals surface area (Å²) >= 11 is 0. The molecule has 3 amide bonds. The van der Waals surface area contributed by atoms with Crippen LogP contribution in [0.2, 0.25) is 0 Å². The number of aliphatic hydroxyl groups is 1. The fourth-order valence-corrected chi connectivity index (χ4v) is 4.98. The lowest BCUT2D eigenvalue weighted by molar-refractivity contribution is 0.0398. The van der Waals surface area contributed by atoms with Gasteiger partial charge in [0, 0.05) is 12.2 Å². The van der Waals surface area contributed by atoms with Crippen molar-refractivity contribution in [3.8, 4) is 0 Å². The number of hydrogen-bond acceptors (Lipinski definition) is 7. The molecule has 4 N–H and O–H groups in total. The molecule has 0 spiro atoms. The van der Waals surface area contributed by atoms with Gasteiger partial charge in [-0.05, 0) is 75.4 Å². The van der Waals surface area contributed by atoms with Crippen LogP contribution in [0, 0.1) is 0 Å². The first kappa shape index (κ1) is 34.6. The van der Waals surface area contributed by atoms with Crippen LogP contribution in [0.5, 0.6) is 0 Å². The summed E-state index contributed by atoms with van der Waals surface area (Å²) in [6, 6.07) is 29.8. The SMILES string of the molecule is CC(C)(C)OC(=O)N[C@@H](Cc1ccccc1)[C@@H](O)C[C@H](Cc1ccccc1)NC(=O)c1ccccc1NC(=O)OCc1ccccn1. The third-order valence-electron chi connectivity index (χ3n) is 7.14. The van der Waals surface area contributed by atoms with Crippen LogP contribution >= 0.6 is 0 Å². The Morgan fingerprint density at radius 3 is 2.02 bits per heavy atom. The molecule has 10 nitrogen and oxygen atoms in total. The van der Waals surface area contributed by atoms with E-state index >= 15 is 0 Å². The number of anilines is 1. The van der Waals surface area contributed by atoms with Gasteiger partial charge in [0.15, 0.2) is 0 Å². The van der Waals surface area contributed by atoms with Crippen LogP contribution in [0.25, 0.3) is 0 Å². The number of rotatable bonds is 13. The van der Waals surface area contributed by atoms with Gasteiger partial charge in [0.05, 0.1) is 29.1 Å². The molecule has 0 radical (unpaired) electrons. The van der Waals surface area contributed by atoms with E-state index in [2.05, 4.69) is 20.9 Å². The van der Waals surface area contributed by atoms with Crippen molar-refractivity contribution in [2.24, 2.45) is 0 Å². The van der Waals surface area contributed by atoms with Crippen LogP contribution in [0.1, 0.15) is 54.4 Å². The summed E-state index contributed by atoms with van der Waals surface area (Å²) in [6.07, 6.45) is 0.0645. The minimum Gasteiger partial charge on any atom is -0.444 e. The number of carbonyl (C=O) groups excluding carboxylic acids is 3. The average molecular weight is 639 g/mol. The molecule has 246 valence electrons. The van der Waals surface area contributed by atoms with Gasteiger partial charge in [-0.2, -0.15) is 0 Å². The Labute approximate surface area is 275 Å². The van der Waals surface area contributed by atoms with E-state index in [1.165, 1.54) is 0 Å². The molecule has 4 rings (SSSR count). The summed E-state index contributed by atoms with van der Waals surface area (Å²) in [5.41, 5.74) is 2.23. The maximum absolute atomic E-state index is 13.7. The highest BCUT2D eigenvalue weighted by molar-refractivity contribution is 6.02. The quantitative estimate of drug-likeness (QED) is 0.140. The van der Waals surface area contributed by atoms with Crippen LogP contribution < -0.4 is 16.0 Å². The fourth-order valence-electron chi connectivity index (χ4n) is 4.98. The number of nitrogens with one attached hydrogen (secondary N) is 3. The van der Waals surface area contributed by atoms with E-state index < -0.39 is 41.9 Å². The number of aliphatic hydroxyl groups excluding tert-OH is 1. The molecule has 0 fully saturated rings. The number of carbonyl (C=O) groups is 3. The number of para-hydroxylation sites is 1. The number of aromatic nitrogens is 1. The molecule has 0 aliphatic heterocycles. The van der Waals surface area contributed by atoms with Gasteiger partial charge in [-0.15, -0.1) is 0 Å². The Kier molecular flexibility index (Phi) is 12.5. The number of pyridine rings is 1. The average Bonchev–Trinajstić information content (AvgIpc) is 3.04. The minimum atomic E-state index is -1.05. The third kappa shape index (κ3) is 11.9. The minimum absolute atomic E-state index is 0.0282. The molecule has 0 unspecified atom stereocenters. The van der Waals surface area contributed by atoms with Gasteiger partial charge in [0.2, 0.25) is 0 Å². The summed E-state index contributed by atoms with van der Waals surface area (Å²) in [7, 11) is 0. The van der Waals surface area contributed by atoms with Crippen LogP contribution in [0.15, 0.2) is 109 Å². The predicted octanol–water partition coefficient (Wildman–Crippen LogP) is 6.06. The van der Waals surface area contributed by atoms with Gasteiger partial charge in [0.1, 0.15) is 12.2 Å². The van der Waals surface area contributed by atoms with Gasteiger partial charge < -0.3 is 25.2 Å².